The number of rotatable bonds is 5. The summed E-state index contributed by atoms with van der Waals surface area (Å²) in [6.45, 7) is 1.27. The summed E-state index contributed by atoms with van der Waals surface area (Å²) in [4.78, 5) is 2.13. The Morgan fingerprint density at radius 3 is 2.70 bits per heavy atom. The van der Waals surface area contributed by atoms with Crippen molar-refractivity contribution in [2.24, 2.45) is 5.73 Å². The van der Waals surface area contributed by atoms with E-state index < -0.39 is 11.4 Å². The minimum atomic E-state index is -0.569. The minimum absolute atomic E-state index is 0.0708. The van der Waals surface area contributed by atoms with Crippen molar-refractivity contribution in [1.29, 1.82) is 0 Å². The van der Waals surface area contributed by atoms with Crippen LogP contribution in [0.5, 0.6) is 0 Å². The molecule has 1 aliphatic carbocycles. The van der Waals surface area contributed by atoms with Crippen LogP contribution in [0, 0.1) is 5.82 Å². The maximum absolute atomic E-state index is 13.5. The van der Waals surface area contributed by atoms with E-state index >= 15 is 0 Å². The molecular formula is C15H21FN2OS. The zero-order valence-corrected chi connectivity index (χ0v) is 12.5. The van der Waals surface area contributed by atoms with E-state index in [9.17, 15) is 9.50 Å². The van der Waals surface area contributed by atoms with Gasteiger partial charge in [-0.3, -0.25) is 4.90 Å². The van der Waals surface area contributed by atoms with Gasteiger partial charge in [0, 0.05) is 18.7 Å². The molecule has 0 amide bonds. The summed E-state index contributed by atoms with van der Waals surface area (Å²) in [6.07, 6.45) is 3.90. The second-order valence-electron chi connectivity index (χ2n) is 5.78. The molecule has 0 spiro atoms. The Kier molecular flexibility index (Phi) is 4.73. The molecule has 0 unspecified atom stereocenters. The molecule has 0 bridgehead atoms. The lowest BCUT2D eigenvalue weighted by molar-refractivity contribution is 0.0145. The van der Waals surface area contributed by atoms with Crippen LogP contribution in [-0.2, 0) is 6.54 Å². The van der Waals surface area contributed by atoms with Crippen molar-refractivity contribution < 1.29 is 9.50 Å². The number of benzene rings is 1. The second kappa shape index (κ2) is 6.16. The molecule has 3 nitrogen and oxygen atoms in total. The van der Waals surface area contributed by atoms with Crippen molar-refractivity contribution in [1.82, 2.24) is 4.90 Å². The highest BCUT2D eigenvalue weighted by atomic mass is 32.1. The standard InChI is InChI=1S/C15H21FN2OS/c1-18(10-15(19)6-2-3-7-15)9-11-4-5-13(16)12(8-11)14(17)20/h4-5,8,19H,2-3,6-7,9-10H2,1H3,(H2,17,20). The van der Waals surface area contributed by atoms with Gasteiger partial charge >= 0.3 is 0 Å². The number of halogens is 1. The number of nitrogens with zero attached hydrogens (tertiary/aromatic N) is 1. The molecule has 0 saturated heterocycles. The minimum Gasteiger partial charge on any atom is -0.389 e. The van der Waals surface area contributed by atoms with Gasteiger partial charge in [0.15, 0.2) is 0 Å². The van der Waals surface area contributed by atoms with Gasteiger partial charge in [0.2, 0.25) is 0 Å². The summed E-state index contributed by atoms with van der Waals surface area (Å²) in [5.41, 5.74) is 6.16. The Bertz CT molecular complexity index is 501. The first-order valence-corrected chi connectivity index (χ1v) is 7.30. The van der Waals surface area contributed by atoms with Crippen molar-refractivity contribution >= 4 is 17.2 Å². The van der Waals surface area contributed by atoms with Crippen molar-refractivity contribution in [2.75, 3.05) is 13.6 Å². The van der Waals surface area contributed by atoms with Crippen molar-refractivity contribution in [2.45, 2.75) is 37.8 Å². The Morgan fingerprint density at radius 1 is 1.45 bits per heavy atom. The van der Waals surface area contributed by atoms with Gasteiger partial charge in [0.1, 0.15) is 10.8 Å². The van der Waals surface area contributed by atoms with Crippen LogP contribution >= 0.6 is 12.2 Å². The van der Waals surface area contributed by atoms with Crippen LogP contribution in [0.1, 0.15) is 36.8 Å². The maximum Gasteiger partial charge on any atom is 0.133 e. The highest BCUT2D eigenvalue weighted by Gasteiger charge is 2.32. The fourth-order valence-electron chi connectivity index (χ4n) is 2.92. The lowest BCUT2D eigenvalue weighted by Crippen LogP contribution is -2.38. The highest BCUT2D eigenvalue weighted by Crippen LogP contribution is 2.30. The third kappa shape index (κ3) is 3.75. The number of hydrogen-bond acceptors (Lipinski definition) is 3. The summed E-state index contributed by atoms with van der Waals surface area (Å²) in [5, 5.41) is 10.4. The van der Waals surface area contributed by atoms with Crippen LogP contribution in [0.15, 0.2) is 18.2 Å². The fraction of sp³-hybridized carbons (Fsp3) is 0.533. The van der Waals surface area contributed by atoms with E-state index in [4.69, 9.17) is 18.0 Å². The van der Waals surface area contributed by atoms with Gasteiger partial charge in [-0.15, -0.1) is 0 Å². The predicted octanol–water partition coefficient (Wildman–Crippen LogP) is 2.20. The van der Waals surface area contributed by atoms with Crippen LogP contribution < -0.4 is 5.73 Å². The topological polar surface area (TPSA) is 49.5 Å². The first kappa shape index (κ1) is 15.4. The van der Waals surface area contributed by atoms with Crippen LogP contribution in [0.4, 0.5) is 4.39 Å². The van der Waals surface area contributed by atoms with Gasteiger partial charge < -0.3 is 10.8 Å². The molecule has 20 heavy (non-hydrogen) atoms. The molecule has 0 heterocycles. The molecular weight excluding hydrogens is 275 g/mol. The SMILES string of the molecule is CN(Cc1ccc(F)c(C(N)=S)c1)CC1(O)CCCC1. The largest absolute Gasteiger partial charge is 0.389 e. The molecule has 1 aromatic carbocycles. The maximum atomic E-state index is 13.5. The number of thiocarbonyl (C=S) groups is 1. The molecule has 1 aliphatic rings. The molecule has 110 valence electrons. The summed E-state index contributed by atoms with van der Waals surface area (Å²) < 4.78 is 13.5. The predicted molar refractivity (Wildman–Crippen MR) is 82.0 cm³/mol. The van der Waals surface area contributed by atoms with Crippen LogP contribution in [0.3, 0.4) is 0 Å². The average molecular weight is 296 g/mol. The summed E-state index contributed by atoms with van der Waals surface area (Å²) >= 11 is 4.84. The van der Waals surface area contributed by atoms with Gasteiger partial charge in [-0.05, 0) is 37.6 Å². The van der Waals surface area contributed by atoms with Gasteiger partial charge in [0.05, 0.1) is 5.60 Å². The number of likely N-dealkylation sites (N-methyl/N-ethyl adjacent to an activating group) is 1. The van der Waals surface area contributed by atoms with E-state index in [1.54, 1.807) is 12.1 Å². The van der Waals surface area contributed by atoms with Crippen LogP contribution in [0.2, 0.25) is 0 Å². The molecule has 5 heteroatoms. The molecule has 1 aromatic rings. The van der Waals surface area contributed by atoms with Gasteiger partial charge in [0.25, 0.3) is 0 Å². The Morgan fingerprint density at radius 2 is 2.10 bits per heavy atom. The Balaban J connectivity index is 2.02. The Hall–Kier alpha value is -1.04. The molecule has 0 aliphatic heterocycles. The average Bonchev–Trinajstić information content (AvgIpc) is 2.77. The zero-order chi connectivity index (χ0) is 14.8. The fourth-order valence-corrected chi connectivity index (χ4v) is 3.08. The molecule has 0 aromatic heterocycles. The van der Waals surface area contributed by atoms with Gasteiger partial charge in [-0.2, -0.15) is 0 Å². The third-order valence-electron chi connectivity index (χ3n) is 3.85. The summed E-state index contributed by atoms with van der Waals surface area (Å²) in [5.74, 6) is -0.390. The molecule has 1 saturated carbocycles. The van der Waals surface area contributed by atoms with E-state index in [2.05, 4.69) is 4.90 Å². The summed E-state index contributed by atoms with van der Waals surface area (Å²) in [7, 11) is 1.96. The van der Waals surface area contributed by atoms with E-state index in [0.717, 1.165) is 31.2 Å². The third-order valence-corrected chi connectivity index (χ3v) is 4.07. The molecule has 1 fully saturated rings. The number of aliphatic hydroxyl groups is 1. The molecule has 2 rings (SSSR count). The summed E-state index contributed by atoms with van der Waals surface area (Å²) in [6, 6.07) is 4.81. The van der Waals surface area contributed by atoms with E-state index in [0.29, 0.717) is 13.1 Å². The smallest absolute Gasteiger partial charge is 0.133 e. The number of hydrogen-bond donors (Lipinski definition) is 2. The molecule has 0 radical (unpaired) electrons. The monoisotopic (exact) mass is 296 g/mol. The van der Waals surface area contributed by atoms with Gasteiger partial charge in [-0.1, -0.05) is 31.1 Å². The lowest BCUT2D eigenvalue weighted by Gasteiger charge is -2.28. The number of nitrogens with two attached hydrogens (primary N) is 1. The molecule has 3 N–H and O–H groups in total. The van der Waals surface area contributed by atoms with E-state index in [1.165, 1.54) is 6.07 Å². The second-order valence-corrected chi connectivity index (χ2v) is 6.22. The van der Waals surface area contributed by atoms with Crippen molar-refractivity contribution in [3.05, 3.63) is 35.1 Å². The van der Waals surface area contributed by atoms with E-state index in [1.807, 2.05) is 7.05 Å². The lowest BCUT2D eigenvalue weighted by atomic mass is 10.0. The van der Waals surface area contributed by atoms with E-state index in [-0.39, 0.29) is 10.6 Å². The first-order chi connectivity index (χ1) is 9.39. The first-order valence-electron chi connectivity index (χ1n) is 6.89. The molecule has 0 atom stereocenters. The van der Waals surface area contributed by atoms with Crippen LogP contribution in [-0.4, -0.2) is 34.2 Å². The quantitative estimate of drug-likeness (QED) is 0.818. The zero-order valence-electron chi connectivity index (χ0n) is 11.7. The van der Waals surface area contributed by atoms with Crippen molar-refractivity contribution in [3.8, 4) is 0 Å². The normalized spacial score (nSPS) is 17.6. The van der Waals surface area contributed by atoms with Crippen molar-refractivity contribution in [3.63, 3.8) is 0 Å². The van der Waals surface area contributed by atoms with Gasteiger partial charge in [-0.25, -0.2) is 4.39 Å². The Labute approximate surface area is 124 Å². The highest BCUT2D eigenvalue weighted by molar-refractivity contribution is 7.80. The van der Waals surface area contributed by atoms with Crippen LogP contribution in [0.25, 0.3) is 0 Å².